The summed E-state index contributed by atoms with van der Waals surface area (Å²) in [5.74, 6) is 1.13. The predicted octanol–water partition coefficient (Wildman–Crippen LogP) is 2.73. The van der Waals surface area contributed by atoms with E-state index in [2.05, 4.69) is 16.8 Å². The monoisotopic (exact) mass is 337 g/mol. The van der Waals surface area contributed by atoms with Crippen molar-refractivity contribution in [3.8, 4) is 0 Å². The van der Waals surface area contributed by atoms with Gasteiger partial charge in [0.25, 0.3) is 0 Å². The SMILES string of the molecule is CC1CCC(CCC(=O)N2CCN(c3cccc(Cl)n3)CC2)O1. The van der Waals surface area contributed by atoms with E-state index >= 15 is 0 Å². The molecule has 2 aliphatic heterocycles. The van der Waals surface area contributed by atoms with E-state index in [1.165, 1.54) is 0 Å². The molecule has 6 heteroatoms. The molecular formula is C17H24ClN3O2. The van der Waals surface area contributed by atoms with Crippen LogP contribution in [0.5, 0.6) is 0 Å². The third-order valence-corrected chi connectivity index (χ3v) is 4.87. The lowest BCUT2D eigenvalue weighted by Crippen LogP contribution is -2.49. The van der Waals surface area contributed by atoms with Gasteiger partial charge in [0.15, 0.2) is 0 Å². The Balaban J connectivity index is 1.44. The maximum Gasteiger partial charge on any atom is 0.222 e. The fourth-order valence-corrected chi connectivity index (χ4v) is 3.46. The number of pyridine rings is 1. The summed E-state index contributed by atoms with van der Waals surface area (Å²) >= 11 is 5.94. The zero-order valence-corrected chi connectivity index (χ0v) is 14.3. The highest BCUT2D eigenvalue weighted by atomic mass is 35.5. The van der Waals surface area contributed by atoms with Crippen LogP contribution in [0.25, 0.3) is 0 Å². The topological polar surface area (TPSA) is 45.7 Å². The van der Waals surface area contributed by atoms with E-state index < -0.39 is 0 Å². The average molecular weight is 338 g/mol. The second-order valence-corrected chi connectivity index (χ2v) is 6.76. The molecule has 2 atom stereocenters. The van der Waals surface area contributed by atoms with E-state index in [1.807, 2.05) is 17.0 Å². The first-order valence-corrected chi connectivity index (χ1v) is 8.80. The van der Waals surface area contributed by atoms with Gasteiger partial charge in [-0.1, -0.05) is 17.7 Å². The van der Waals surface area contributed by atoms with Gasteiger partial charge in [0.1, 0.15) is 11.0 Å². The lowest BCUT2D eigenvalue weighted by atomic mass is 10.1. The van der Waals surface area contributed by atoms with Crippen LogP contribution in [0.15, 0.2) is 18.2 Å². The molecule has 3 rings (SSSR count). The zero-order chi connectivity index (χ0) is 16.2. The van der Waals surface area contributed by atoms with Crippen LogP contribution in [0.1, 0.15) is 32.6 Å². The van der Waals surface area contributed by atoms with Crippen molar-refractivity contribution in [2.75, 3.05) is 31.1 Å². The normalized spacial score (nSPS) is 25.0. The predicted molar refractivity (Wildman–Crippen MR) is 90.8 cm³/mol. The lowest BCUT2D eigenvalue weighted by Gasteiger charge is -2.35. The van der Waals surface area contributed by atoms with Crippen LogP contribution < -0.4 is 4.90 Å². The Bertz CT molecular complexity index is 546. The number of nitrogens with zero attached hydrogens (tertiary/aromatic N) is 3. The molecule has 0 N–H and O–H groups in total. The van der Waals surface area contributed by atoms with Crippen LogP contribution >= 0.6 is 11.6 Å². The number of hydrogen-bond acceptors (Lipinski definition) is 4. The summed E-state index contributed by atoms with van der Waals surface area (Å²) in [5.41, 5.74) is 0. The molecule has 23 heavy (non-hydrogen) atoms. The summed E-state index contributed by atoms with van der Waals surface area (Å²) < 4.78 is 5.79. The summed E-state index contributed by atoms with van der Waals surface area (Å²) in [4.78, 5) is 20.8. The summed E-state index contributed by atoms with van der Waals surface area (Å²) in [5, 5.41) is 0.506. The molecule has 5 nitrogen and oxygen atoms in total. The van der Waals surface area contributed by atoms with Gasteiger partial charge in [0.2, 0.25) is 5.91 Å². The van der Waals surface area contributed by atoms with E-state index in [9.17, 15) is 4.79 Å². The number of carbonyl (C=O) groups excluding carboxylic acids is 1. The lowest BCUT2D eigenvalue weighted by molar-refractivity contribution is -0.132. The van der Waals surface area contributed by atoms with E-state index in [1.54, 1.807) is 6.07 Å². The molecular weight excluding hydrogens is 314 g/mol. The fourth-order valence-electron chi connectivity index (χ4n) is 3.30. The van der Waals surface area contributed by atoms with Gasteiger partial charge in [-0.15, -0.1) is 0 Å². The van der Waals surface area contributed by atoms with E-state index in [-0.39, 0.29) is 12.0 Å². The number of aromatic nitrogens is 1. The molecule has 0 aromatic carbocycles. The number of ether oxygens (including phenoxy) is 1. The number of rotatable bonds is 4. The minimum absolute atomic E-state index is 0.242. The Hall–Kier alpha value is -1.33. The van der Waals surface area contributed by atoms with Gasteiger partial charge in [0, 0.05) is 32.6 Å². The third-order valence-electron chi connectivity index (χ3n) is 4.66. The smallest absolute Gasteiger partial charge is 0.222 e. The number of anilines is 1. The fraction of sp³-hybridized carbons (Fsp3) is 0.647. The molecule has 0 aliphatic carbocycles. The van der Waals surface area contributed by atoms with Crippen molar-refractivity contribution in [3.05, 3.63) is 23.4 Å². The number of halogens is 1. The molecule has 1 amide bonds. The van der Waals surface area contributed by atoms with Crippen molar-refractivity contribution in [2.24, 2.45) is 0 Å². The van der Waals surface area contributed by atoms with Crippen molar-refractivity contribution in [2.45, 2.75) is 44.8 Å². The maximum atomic E-state index is 12.3. The van der Waals surface area contributed by atoms with Crippen LogP contribution in [-0.2, 0) is 9.53 Å². The van der Waals surface area contributed by atoms with Gasteiger partial charge in [0.05, 0.1) is 12.2 Å². The van der Waals surface area contributed by atoms with E-state index in [0.717, 1.165) is 51.3 Å². The van der Waals surface area contributed by atoms with E-state index in [4.69, 9.17) is 16.3 Å². The number of carbonyl (C=O) groups is 1. The second-order valence-electron chi connectivity index (χ2n) is 6.37. The van der Waals surface area contributed by atoms with E-state index in [0.29, 0.717) is 17.7 Å². The molecule has 126 valence electrons. The van der Waals surface area contributed by atoms with Gasteiger partial charge in [-0.25, -0.2) is 4.98 Å². The first-order chi connectivity index (χ1) is 11.1. The molecule has 1 aromatic heterocycles. The van der Waals surface area contributed by atoms with Crippen molar-refractivity contribution < 1.29 is 9.53 Å². The maximum absolute atomic E-state index is 12.3. The van der Waals surface area contributed by atoms with Crippen molar-refractivity contribution >= 4 is 23.3 Å². The van der Waals surface area contributed by atoms with Crippen LogP contribution in [0.2, 0.25) is 5.15 Å². The molecule has 1 aromatic rings. The number of hydrogen-bond donors (Lipinski definition) is 0. The zero-order valence-electron chi connectivity index (χ0n) is 13.6. The minimum Gasteiger partial charge on any atom is -0.375 e. The van der Waals surface area contributed by atoms with Crippen molar-refractivity contribution in [3.63, 3.8) is 0 Å². The highest BCUT2D eigenvalue weighted by molar-refractivity contribution is 6.29. The first-order valence-electron chi connectivity index (χ1n) is 8.42. The summed E-state index contributed by atoms with van der Waals surface area (Å²) in [6.07, 6.45) is 4.26. The Kier molecular flexibility index (Phi) is 5.38. The third kappa shape index (κ3) is 4.36. The van der Waals surface area contributed by atoms with Crippen LogP contribution in [-0.4, -0.2) is 54.2 Å². The minimum atomic E-state index is 0.242. The summed E-state index contributed by atoms with van der Waals surface area (Å²) in [7, 11) is 0. The van der Waals surface area contributed by atoms with Crippen molar-refractivity contribution in [1.82, 2.24) is 9.88 Å². The standard InChI is InChI=1S/C17H24ClN3O2/c1-13-5-6-14(23-13)7-8-17(22)21-11-9-20(10-12-21)16-4-2-3-15(18)19-16/h2-4,13-14H,5-12H2,1H3. The molecule has 2 saturated heterocycles. The quantitative estimate of drug-likeness (QED) is 0.792. The molecule has 0 saturated carbocycles. The molecule has 0 spiro atoms. The van der Waals surface area contributed by atoms with Gasteiger partial charge >= 0.3 is 0 Å². The van der Waals surface area contributed by atoms with Gasteiger partial charge in [-0.2, -0.15) is 0 Å². The molecule has 3 heterocycles. The molecule has 2 unspecified atom stereocenters. The highest BCUT2D eigenvalue weighted by Crippen LogP contribution is 2.23. The van der Waals surface area contributed by atoms with Gasteiger partial charge in [-0.05, 0) is 38.3 Å². The summed E-state index contributed by atoms with van der Waals surface area (Å²) in [6.45, 7) is 5.20. The molecule has 0 radical (unpaired) electrons. The van der Waals surface area contributed by atoms with Crippen LogP contribution in [0.3, 0.4) is 0 Å². The Morgan fingerprint density at radius 3 is 2.74 bits per heavy atom. The highest BCUT2D eigenvalue weighted by Gasteiger charge is 2.25. The van der Waals surface area contributed by atoms with Crippen LogP contribution in [0, 0.1) is 0 Å². The number of amides is 1. The Morgan fingerprint density at radius 1 is 1.30 bits per heavy atom. The molecule has 2 fully saturated rings. The second kappa shape index (κ2) is 7.49. The number of piperazine rings is 1. The largest absolute Gasteiger partial charge is 0.375 e. The molecule has 0 bridgehead atoms. The Labute approximate surface area is 142 Å². The molecule has 2 aliphatic rings. The van der Waals surface area contributed by atoms with Gasteiger partial charge in [-0.3, -0.25) is 4.79 Å². The van der Waals surface area contributed by atoms with Crippen LogP contribution in [0.4, 0.5) is 5.82 Å². The average Bonchev–Trinajstić information content (AvgIpc) is 2.98. The summed E-state index contributed by atoms with van der Waals surface area (Å²) in [6, 6.07) is 5.64. The van der Waals surface area contributed by atoms with Crippen molar-refractivity contribution in [1.29, 1.82) is 0 Å². The van der Waals surface area contributed by atoms with Gasteiger partial charge < -0.3 is 14.5 Å². The Morgan fingerprint density at radius 2 is 2.09 bits per heavy atom. The first kappa shape index (κ1) is 16.5.